The lowest BCUT2D eigenvalue weighted by molar-refractivity contribution is -0.122. The summed E-state index contributed by atoms with van der Waals surface area (Å²) in [4.78, 5) is 11.6. The van der Waals surface area contributed by atoms with E-state index in [0.717, 1.165) is 0 Å². The number of hydrogen-bond donors (Lipinski definition) is 2. The quantitative estimate of drug-likeness (QED) is 0.580. The zero-order valence-corrected chi connectivity index (χ0v) is 8.06. The summed E-state index contributed by atoms with van der Waals surface area (Å²) in [7, 11) is 0. The van der Waals surface area contributed by atoms with Crippen LogP contribution in [0.4, 0.5) is 0 Å². The van der Waals surface area contributed by atoms with Crippen molar-refractivity contribution in [1.29, 1.82) is 0 Å². The second kappa shape index (κ2) is 3.37. The van der Waals surface area contributed by atoms with Crippen LogP contribution >= 0.6 is 0 Å². The fourth-order valence-corrected chi connectivity index (χ4v) is 2.08. The van der Waals surface area contributed by atoms with Crippen molar-refractivity contribution in [2.75, 3.05) is 0 Å². The minimum atomic E-state index is -0.853. The van der Waals surface area contributed by atoms with Gasteiger partial charge in [0, 0.05) is 19.3 Å². The highest BCUT2D eigenvalue weighted by atomic mass is 16.5. The number of ketones is 1. The van der Waals surface area contributed by atoms with Crippen molar-refractivity contribution in [3.63, 3.8) is 0 Å². The molecule has 78 valence electrons. The summed E-state index contributed by atoms with van der Waals surface area (Å²) < 4.78 is 5.44. The average Bonchev–Trinajstić information content (AvgIpc) is 1.99. The molecule has 1 aliphatic carbocycles. The van der Waals surface area contributed by atoms with Gasteiger partial charge in [0.15, 0.2) is 5.78 Å². The lowest BCUT2D eigenvalue weighted by atomic mass is 9.86. The molecule has 4 heteroatoms. The first kappa shape index (κ1) is 9.68. The third-order valence-corrected chi connectivity index (χ3v) is 2.67. The van der Waals surface area contributed by atoms with E-state index in [2.05, 4.69) is 0 Å². The minimum Gasteiger partial charge on any atom is -0.494 e. The van der Waals surface area contributed by atoms with Gasteiger partial charge in [-0.1, -0.05) is 0 Å². The fraction of sp³-hybridized carbons (Fsp3) is 0.700. The van der Waals surface area contributed by atoms with Gasteiger partial charge >= 0.3 is 0 Å². The van der Waals surface area contributed by atoms with Gasteiger partial charge in [0.1, 0.15) is 11.9 Å². The molecular formula is C10H14O4. The zero-order chi connectivity index (χ0) is 10.3. The zero-order valence-electron chi connectivity index (χ0n) is 8.06. The van der Waals surface area contributed by atoms with E-state index < -0.39 is 12.2 Å². The van der Waals surface area contributed by atoms with Crippen LogP contribution in [0.5, 0.6) is 0 Å². The Morgan fingerprint density at radius 2 is 2.07 bits per heavy atom. The van der Waals surface area contributed by atoms with Gasteiger partial charge in [0.05, 0.1) is 17.8 Å². The first-order valence-corrected chi connectivity index (χ1v) is 4.87. The van der Waals surface area contributed by atoms with E-state index in [1.54, 1.807) is 0 Å². The summed E-state index contributed by atoms with van der Waals surface area (Å²) in [5.74, 6) is 0.443. The van der Waals surface area contributed by atoms with Crippen LogP contribution in [0, 0.1) is 0 Å². The van der Waals surface area contributed by atoms with E-state index in [1.807, 2.05) is 6.92 Å². The predicted octanol–water partition coefficient (Wildman–Crippen LogP) is 0.134. The van der Waals surface area contributed by atoms with Gasteiger partial charge in [-0.3, -0.25) is 4.79 Å². The van der Waals surface area contributed by atoms with Crippen molar-refractivity contribution in [3.8, 4) is 0 Å². The number of ether oxygens (including phenoxy) is 1. The summed E-state index contributed by atoms with van der Waals surface area (Å²) >= 11 is 0. The number of rotatable bonds is 0. The maximum Gasteiger partial charge on any atom is 0.168 e. The molecule has 1 aliphatic heterocycles. The summed E-state index contributed by atoms with van der Waals surface area (Å²) in [5.41, 5.74) is 0.383. The summed E-state index contributed by atoms with van der Waals surface area (Å²) in [6.07, 6.45) is -0.675. The Morgan fingerprint density at radius 1 is 1.36 bits per heavy atom. The molecule has 14 heavy (non-hydrogen) atoms. The molecule has 0 amide bonds. The molecule has 2 aliphatic rings. The van der Waals surface area contributed by atoms with Crippen molar-refractivity contribution in [1.82, 2.24) is 0 Å². The van der Waals surface area contributed by atoms with E-state index in [1.165, 1.54) is 0 Å². The highest BCUT2D eigenvalue weighted by molar-refractivity contribution is 5.97. The van der Waals surface area contributed by atoms with Crippen LogP contribution in [0.1, 0.15) is 26.2 Å². The van der Waals surface area contributed by atoms with Gasteiger partial charge in [0.2, 0.25) is 0 Å². The molecule has 0 unspecified atom stereocenters. The van der Waals surface area contributed by atoms with E-state index in [0.29, 0.717) is 24.2 Å². The average molecular weight is 198 g/mol. The lowest BCUT2D eigenvalue weighted by Gasteiger charge is -2.33. The standard InChI is InChI=1S/C10H14O4/c1-5-2-7(12)10-8(13)3-6(11)4-9(10)14-5/h5-6,8,11,13H,2-4H2,1H3/t5-,6-,8+/m1/s1. The van der Waals surface area contributed by atoms with Crippen molar-refractivity contribution in [2.45, 2.75) is 44.5 Å². The number of aliphatic hydroxyl groups is 2. The third-order valence-electron chi connectivity index (χ3n) is 2.67. The summed E-state index contributed by atoms with van der Waals surface area (Å²) in [6, 6.07) is 0. The number of carbonyl (C=O) groups is 1. The van der Waals surface area contributed by atoms with Crippen molar-refractivity contribution in [2.24, 2.45) is 0 Å². The monoisotopic (exact) mass is 198 g/mol. The molecule has 2 N–H and O–H groups in total. The molecule has 0 radical (unpaired) electrons. The van der Waals surface area contributed by atoms with E-state index in [9.17, 15) is 15.0 Å². The number of Topliss-reactive ketones (excluding diaryl/α,β-unsaturated/α-hetero) is 1. The predicted molar refractivity (Wildman–Crippen MR) is 48.4 cm³/mol. The Kier molecular flexibility index (Phi) is 2.33. The van der Waals surface area contributed by atoms with E-state index in [-0.39, 0.29) is 18.3 Å². The molecule has 2 rings (SSSR count). The van der Waals surface area contributed by atoms with Gasteiger partial charge in [-0.05, 0) is 6.92 Å². The minimum absolute atomic E-state index is 0.0434. The molecule has 0 saturated carbocycles. The van der Waals surface area contributed by atoms with Gasteiger partial charge in [-0.2, -0.15) is 0 Å². The summed E-state index contributed by atoms with van der Waals surface area (Å²) in [5, 5.41) is 19.0. The number of aliphatic hydroxyl groups excluding tert-OH is 2. The molecular weight excluding hydrogens is 184 g/mol. The lowest BCUT2D eigenvalue weighted by Crippen LogP contribution is -2.36. The first-order valence-electron chi connectivity index (χ1n) is 4.87. The Morgan fingerprint density at radius 3 is 2.79 bits per heavy atom. The highest BCUT2D eigenvalue weighted by Crippen LogP contribution is 2.32. The Balaban J connectivity index is 2.32. The normalized spacial score (nSPS) is 37.9. The second-order valence-corrected chi connectivity index (χ2v) is 4.00. The molecule has 0 aromatic heterocycles. The fourth-order valence-electron chi connectivity index (χ4n) is 2.08. The second-order valence-electron chi connectivity index (χ2n) is 4.00. The van der Waals surface area contributed by atoms with Crippen molar-refractivity contribution >= 4 is 5.78 Å². The van der Waals surface area contributed by atoms with Crippen LogP contribution in [0.25, 0.3) is 0 Å². The molecule has 3 atom stereocenters. The number of hydrogen-bond acceptors (Lipinski definition) is 4. The molecule has 4 nitrogen and oxygen atoms in total. The van der Waals surface area contributed by atoms with Crippen LogP contribution in [0.3, 0.4) is 0 Å². The largest absolute Gasteiger partial charge is 0.494 e. The van der Waals surface area contributed by atoms with Crippen LogP contribution in [-0.4, -0.2) is 34.3 Å². The topological polar surface area (TPSA) is 66.8 Å². The molecule has 0 aromatic carbocycles. The van der Waals surface area contributed by atoms with Crippen molar-refractivity contribution < 1.29 is 19.7 Å². The molecule has 0 fully saturated rings. The van der Waals surface area contributed by atoms with Crippen LogP contribution in [0.2, 0.25) is 0 Å². The molecule has 0 bridgehead atoms. The summed E-state index contributed by atoms with van der Waals surface area (Å²) in [6.45, 7) is 1.81. The smallest absolute Gasteiger partial charge is 0.168 e. The third kappa shape index (κ3) is 1.55. The van der Waals surface area contributed by atoms with Gasteiger partial charge in [-0.25, -0.2) is 0 Å². The molecule has 0 saturated heterocycles. The maximum atomic E-state index is 11.6. The van der Waals surface area contributed by atoms with Gasteiger partial charge in [0.25, 0.3) is 0 Å². The maximum absolute atomic E-state index is 11.6. The molecule has 0 aromatic rings. The SMILES string of the molecule is C[C@@H]1CC(=O)C2=C(C[C@H](O)C[C@@H]2O)O1. The van der Waals surface area contributed by atoms with Crippen molar-refractivity contribution in [3.05, 3.63) is 11.3 Å². The van der Waals surface area contributed by atoms with Gasteiger partial charge < -0.3 is 14.9 Å². The molecule has 0 spiro atoms. The Labute approximate surface area is 82.2 Å². The molecule has 1 heterocycles. The van der Waals surface area contributed by atoms with Crippen LogP contribution in [-0.2, 0) is 9.53 Å². The highest BCUT2D eigenvalue weighted by Gasteiger charge is 2.36. The van der Waals surface area contributed by atoms with Crippen LogP contribution in [0.15, 0.2) is 11.3 Å². The Hall–Kier alpha value is -0.870. The van der Waals surface area contributed by atoms with E-state index in [4.69, 9.17) is 4.74 Å². The Bertz CT molecular complexity index is 290. The first-order chi connectivity index (χ1) is 6.58. The van der Waals surface area contributed by atoms with E-state index >= 15 is 0 Å². The van der Waals surface area contributed by atoms with Crippen LogP contribution < -0.4 is 0 Å². The van der Waals surface area contributed by atoms with Gasteiger partial charge in [-0.15, -0.1) is 0 Å². The number of carbonyl (C=O) groups excluding carboxylic acids is 1.